The maximum atomic E-state index is 15.5. The van der Waals surface area contributed by atoms with E-state index in [9.17, 15) is 0 Å². The largest absolute Gasteiger partial charge is 0.206 e. The molecule has 0 heterocycles. The van der Waals surface area contributed by atoms with Gasteiger partial charge >= 0.3 is 0 Å². The van der Waals surface area contributed by atoms with Gasteiger partial charge < -0.3 is 0 Å². The van der Waals surface area contributed by atoms with Gasteiger partial charge in [0.05, 0.1) is 0 Å². The molecule has 5 unspecified atom stereocenters. The Morgan fingerprint density at radius 1 is 0.800 bits per heavy atom. The van der Waals surface area contributed by atoms with Crippen molar-refractivity contribution in [2.45, 2.75) is 122 Å². The fraction of sp³-hybridized carbons (Fsp3) is 0.793. The van der Waals surface area contributed by atoms with Gasteiger partial charge in [0.25, 0.3) is 0 Å². The van der Waals surface area contributed by atoms with Crippen LogP contribution in [-0.4, -0.2) is 0 Å². The number of benzene rings is 1. The molecule has 5 atom stereocenters. The van der Waals surface area contributed by atoms with Crippen LogP contribution in [0.4, 0.5) is 4.39 Å². The van der Waals surface area contributed by atoms with Crippen molar-refractivity contribution >= 4 is 0 Å². The van der Waals surface area contributed by atoms with Crippen molar-refractivity contribution in [3.05, 3.63) is 34.6 Å². The third-order valence-electron chi connectivity index (χ3n) is 9.01. The topological polar surface area (TPSA) is 0 Å². The molecule has 4 rings (SSSR count). The lowest BCUT2D eigenvalue weighted by Gasteiger charge is -2.42. The Morgan fingerprint density at radius 2 is 1.63 bits per heavy atom. The minimum atomic E-state index is 0.190. The van der Waals surface area contributed by atoms with Gasteiger partial charge in [-0.3, -0.25) is 0 Å². The lowest BCUT2D eigenvalue weighted by molar-refractivity contribution is 0.112. The van der Waals surface area contributed by atoms with Crippen molar-refractivity contribution in [3.8, 4) is 0 Å². The molecule has 1 aromatic carbocycles. The quantitative estimate of drug-likeness (QED) is 0.374. The Labute approximate surface area is 185 Å². The van der Waals surface area contributed by atoms with Crippen LogP contribution in [0.5, 0.6) is 0 Å². The van der Waals surface area contributed by atoms with Crippen molar-refractivity contribution in [2.24, 2.45) is 23.7 Å². The molecular formula is C29H45F. The van der Waals surface area contributed by atoms with E-state index in [-0.39, 0.29) is 5.82 Å². The van der Waals surface area contributed by atoms with Crippen molar-refractivity contribution in [2.75, 3.05) is 0 Å². The molecule has 0 saturated heterocycles. The summed E-state index contributed by atoms with van der Waals surface area (Å²) in [5, 5.41) is 0. The Bertz CT molecular complexity index is 677. The van der Waals surface area contributed by atoms with Crippen LogP contribution in [0.25, 0.3) is 0 Å². The van der Waals surface area contributed by atoms with Crippen LogP contribution < -0.4 is 0 Å². The number of fused-ring (bicyclic) bond motifs is 2. The molecule has 0 aromatic heterocycles. The molecule has 1 heteroatoms. The van der Waals surface area contributed by atoms with Gasteiger partial charge in [0, 0.05) is 0 Å². The standard InChI is InChI=1S/C29H45F/c1-3-5-6-7-9-22-10-12-24-20-26(14-13-23(24)18-22)28-17-15-25-19-21(8-4-2)11-16-27(25)29(28)30/h15,17,21-24,26H,3-14,16,18-20H2,1-2H3. The van der Waals surface area contributed by atoms with E-state index in [0.29, 0.717) is 5.92 Å². The second-order valence-electron chi connectivity index (χ2n) is 11.1. The second-order valence-corrected chi connectivity index (χ2v) is 11.1. The van der Waals surface area contributed by atoms with Gasteiger partial charge in [0.15, 0.2) is 0 Å². The van der Waals surface area contributed by atoms with E-state index in [1.54, 1.807) is 0 Å². The molecular weight excluding hydrogens is 367 g/mol. The molecule has 0 nitrogen and oxygen atoms in total. The van der Waals surface area contributed by atoms with Crippen LogP contribution in [0, 0.1) is 29.5 Å². The molecule has 1 aromatic rings. The van der Waals surface area contributed by atoms with Gasteiger partial charge in [-0.15, -0.1) is 0 Å². The summed E-state index contributed by atoms with van der Waals surface area (Å²) in [7, 11) is 0. The van der Waals surface area contributed by atoms with E-state index in [4.69, 9.17) is 0 Å². The normalized spacial score (nSPS) is 31.2. The molecule has 3 aliphatic rings. The first kappa shape index (κ1) is 22.3. The highest BCUT2D eigenvalue weighted by Gasteiger charge is 2.37. The van der Waals surface area contributed by atoms with Gasteiger partial charge in [-0.1, -0.05) is 77.3 Å². The zero-order chi connectivity index (χ0) is 20.9. The monoisotopic (exact) mass is 412 g/mol. The fourth-order valence-electron chi connectivity index (χ4n) is 7.26. The predicted octanol–water partition coefficient (Wildman–Crippen LogP) is 9.00. The first-order chi connectivity index (χ1) is 14.7. The molecule has 3 aliphatic carbocycles. The highest BCUT2D eigenvalue weighted by molar-refractivity contribution is 5.38. The zero-order valence-electron chi connectivity index (χ0n) is 19.7. The Kier molecular flexibility index (Phi) is 7.93. The summed E-state index contributed by atoms with van der Waals surface area (Å²) >= 11 is 0. The molecule has 2 saturated carbocycles. The lowest BCUT2D eigenvalue weighted by Crippen LogP contribution is -2.31. The smallest absolute Gasteiger partial charge is 0.130 e. The van der Waals surface area contributed by atoms with Gasteiger partial charge in [-0.25, -0.2) is 4.39 Å². The first-order valence-electron chi connectivity index (χ1n) is 13.5. The van der Waals surface area contributed by atoms with Gasteiger partial charge in [-0.2, -0.15) is 0 Å². The fourth-order valence-corrected chi connectivity index (χ4v) is 7.26. The van der Waals surface area contributed by atoms with Crippen LogP contribution >= 0.6 is 0 Å². The van der Waals surface area contributed by atoms with Crippen LogP contribution in [-0.2, 0) is 12.8 Å². The lowest BCUT2D eigenvalue weighted by atomic mass is 9.63. The molecule has 30 heavy (non-hydrogen) atoms. The van der Waals surface area contributed by atoms with Crippen LogP contribution in [0.3, 0.4) is 0 Å². The maximum absolute atomic E-state index is 15.5. The summed E-state index contributed by atoms with van der Waals surface area (Å²) in [5.41, 5.74) is 3.47. The summed E-state index contributed by atoms with van der Waals surface area (Å²) in [6.45, 7) is 4.58. The highest BCUT2D eigenvalue weighted by atomic mass is 19.1. The number of hydrogen-bond acceptors (Lipinski definition) is 0. The van der Waals surface area contributed by atoms with Gasteiger partial charge in [-0.05, 0) is 97.6 Å². The average molecular weight is 413 g/mol. The molecule has 0 aliphatic heterocycles. The zero-order valence-corrected chi connectivity index (χ0v) is 19.7. The third-order valence-corrected chi connectivity index (χ3v) is 9.01. The van der Waals surface area contributed by atoms with Crippen molar-refractivity contribution in [1.82, 2.24) is 0 Å². The molecule has 0 N–H and O–H groups in total. The number of halogens is 1. The van der Waals surface area contributed by atoms with Gasteiger partial charge in [0.1, 0.15) is 5.82 Å². The molecule has 0 amide bonds. The Hall–Kier alpha value is -0.850. The van der Waals surface area contributed by atoms with E-state index >= 15 is 4.39 Å². The Balaban J connectivity index is 1.34. The summed E-state index contributed by atoms with van der Waals surface area (Å²) < 4.78 is 15.5. The Morgan fingerprint density at radius 3 is 2.47 bits per heavy atom. The number of hydrogen-bond donors (Lipinski definition) is 0. The minimum Gasteiger partial charge on any atom is -0.206 e. The van der Waals surface area contributed by atoms with E-state index < -0.39 is 0 Å². The summed E-state index contributed by atoms with van der Waals surface area (Å²) in [6.07, 6.45) is 21.0. The van der Waals surface area contributed by atoms with Crippen molar-refractivity contribution in [1.29, 1.82) is 0 Å². The average Bonchev–Trinajstić information content (AvgIpc) is 2.77. The molecule has 0 spiro atoms. The van der Waals surface area contributed by atoms with Crippen molar-refractivity contribution < 1.29 is 4.39 Å². The summed E-state index contributed by atoms with van der Waals surface area (Å²) in [5.74, 6) is 4.22. The maximum Gasteiger partial charge on any atom is 0.130 e. The van der Waals surface area contributed by atoms with Crippen LogP contribution in [0.1, 0.15) is 126 Å². The summed E-state index contributed by atoms with van der Waals surface area (Å²) in [6, 6.07) is 4.49. The SMILES string of the molecule is CCCCCCC1CCC2CC(c3ccc4c(c3F)CCC(CCC)C4)CCC2C1. The minimum absolute atomic E-state index is 0.190. The van der Waals surface area contributed by atoms with E-state index in [1.165, 1.54) is 95.5 Å². The first-order valence-corrected chi connectivity index (χ1v) is 13.5. The van der Waals surface area contributed by atoms with Gasteiger partial charge in [0.2, 0.25) is 0 Å². The van der Waals surface area contributed by atoms with Crippen molar-refractivity contribution in [3.63, 3.8) is 0 Å². The number of rotatable bonds is 8. The van der Waals surface area contributed by atoms with E-state index in [1.807, 2.05) is 0 Å². The highest BCUT2D eigenvalue weighted by Crippen LogP contribution is 2.49. The molecule has 2 fully saturated rings. The van der Waals surface area contributed by atoms with Crippen LogP contribution in [0.2, 0.25) is 0 Å². The molecule has 168 valence electrons. The summed E-state index contributed by atoms with van der Waals surface area (Å²) in [4.78, 5) is 0. The van der Waals surface area contributed by atoms with Crippen LogP contribution in [0.15, 0.2) is 12.1 Å². The third kappa shape index (κ3) is 5.13. The number of unbranched alkanes of at least 4 members (excludes halogenated alkanes) is 3. The molecule has 0 radical (unpaired) electrons. The molecule has 0 bridgehead atoms. The second kappa shape index (κ2) is 10.6. The van der Waals surface area contributed by atoms with E-state index in [0.717, 1.165) is 47.6 Å². The van der Waals surface area contributed by atoms with E-state index in [2.05, 4.69) is 26.0 Å². The predicted molar refractivity (Wildman–Crippen MR) is 126 cm³/mol.